The summed E-state index contributed by atoms with van der Waals surface area (Å²) >= 11 is 6.14. The first-order valence-electron chi connectivity index (χ1n) is 9.65. The zero-order chi connectivity index (χ0) is 19.1. The van der Waals surface area contributed by atoms with Gasteiger partial charge in [0, 0.05) is 13.1 Å². The average Bonchev–Trinajstić information content (AvgIpc) is 3.19. The highest BCUT2D eigenvalue weighted by molar-refractivity contribution is 6.32. The summed E-state index contributed by atoms with van der Waals surface area (Å²) in [5.74, 6) is 0.420. The van der Waals surface area contributed by atoms with Crippen LogP contribution in [0.2, 0.25) is 5.02 Å². The van der Waals surface area contributed by atoms with Crippen LogP contribution in [0, 0.1) is 0 Å². The fourth-order valence-electron chi connectivity index (χ4n) is 3.38. The SMILES string of the molecule is CC[C@@H](Oc1ccccc1Cl)C(=O)NCc1ccccc1CN1CCCC1. The van der Waals surface area contributed by atoms with Crippen LogP contribution in [0.1, 0.15) is 37.3 Å². The van der Waals surface area contributed by atoms with Crippen molar-refractivity contribution in [2.24, 2.45) is 0 Å². The molecule has 1 saturated heterocycles. The molecule has 0 aliphatic carbocycles. The highest BCUT2D eigenvalue weighted by Gasteiger charge is 2.20. The highest BCUT2D eigenvalue weighted by Crippen LogP contribution is 2.25. The molecule has 5 heteroatoms. The average molecular weight is 387 g/mol. The Morgan fingerprint density at radius 1 is 1.11 bits per heavy atom. The highest BCUT2D eigenvalue weighted by atomic mass is 35.5. The molecule has 0 bridgehead atoms. The molecule has 0 radical (unpaired) electrons. The van der Waals surface area contributed by atoms with Crippen LogP contribution in [0.15, 0.2) is 48.5 Å². The lowest BCUT2D eigenvalue weighted by atomic mass is 10.1. The number of halogens is 1. The third-order valence-corrected chi connectivity index (χ3v) is 5.25. The van der Waals surface area contributed by atoms with Gasteiger partial charge in [0.1, 0.15) is 5.75 Å². The number of hydrogen-bond acceptors (Lipinski definition) is 3. The summed E-state index contributed by atoms with van der Waals surface area (Å²) < 4.78 is 5.83. The van der Waals surface area contributed by atoms with Gasteiger partial charge < -0.3 is 10.1 Å². The van der Waals surface area contributed by atoms with Gasteiger partial charge in [0.15, 0.2) is 6.10 Å². The van der Waals surface area contributed by atoms with Crippen LogP contribution in [-0.4, -0.2) is 30.0 Å². The summed E-state index contributed by atoms with van der Waals surface area (Å²) in [4.78, 5) is 15.1. The Morgan fingerprint density at radius 2 is 1.78 bits per heavy atom. The van der Waals surface area contributed by atoms with E-state index in [0.29, 0.717) is 23.7 Å². The number of benzene rings is 2. The number of hydrogen-bond donors (Lipinski definition) is 1. The van der Waals surface area contributed by atoms with Crippen molar-refractivity contribution >= 4 is 17.5 Å². The monoisotopic (exact) mass is 386 g/mol. The number of carbonyl (C=O) groups excluding carboxylic acids is 1. The summed E-state index contributed by atoms with van der Waals surface area (Å²) in [5.41, 5.74) is 2.44. The normalized spacial score (nSPS) is 15.5. The number of amides is 1. The number of para-hydroxylation sites is 1. The maximum absolute atomic E-state index is 12.6. The van der Waals surface area contributed by atoms with Gasteiger partial charge in [-0.15, -0.1) is 0 Å². The van der Waals surface area contributed by atoms with Gasteiger partial charge in [-0.25, -0.2) is 0 Å². The van der Waals surface area contributed by atoms with Gasteiger partial charge in [-0.3, -0.25) is 9.69 Å². The van der Waals surface area contributed by atoms with Gasteiger partial charge in [-0.05, 0) is 55.6 Å². The van der Waals surface area contributed by atoms with Crippen molar-refractivity contribution in [1.29, 1.82) is 0 Å². The fourth-order valence-corrected chi connectivity index (χ4v) is 3.56. The molecule has 0 aromatic heterocycles. The quantitative estimate of drug-likeness (QED) is 0.730. The van der Waals surface area contributed by atoms with Crippen molar-refractivity contribution in [2.45, 2.75) is 45.4 Å². The molecule has 2 aromatic rings. The minimum atomic E-state index is -0.560. The summed E-state index contributed by atoms with van der Waals surface area (Å²) in [7, 11) is 0. The lowest BCUT2D eigenvalue weighted by Crippen LogP contribution is -2.38. The van der Waals surface area contributed by atoms with Gasteiger partial charge in [0.25, 0.3) is 5.91 Å². The number of nitrogens with zero attached hydrogens (tertiary/aromatic N) is 1. The van der Waals surface area contributed by atoms with Crippen LogP contribution in [0.4, 0.5) is 0 Å². The maximum Gasteiger partial charge on any atom is 0.261 e. The maximum atomic E-state index is 12.6. The second kappa shape index (κ2) is 9.77. The molecule has 4 nitrogen and oxygen atoms in total. The molecular formula is C22H27ClN2O2. The fraction of sp³-hybridized carbons (Fsp3) is 0.409. The molecule has 1 N–H and O–H groups in total. The zero-order valence-corrected chi connectivity index (χ0v) is 16.5. The molecule has 2 aromatic carbocycles. The lowest BCUT2D eigenvalue weighted by molar-refractivity contribution is -0.128. The standard InChI is InChI=1S/C22H27ClN2O2/c1-2-20(27-21-12-6-5-11-19(21)23)22(26)24-15-17-9-3-4-10-18(17)16-25-13-7-8-14-25/h3-6,9-12,20H,2,7-8,13-16H2,1H3,(H,24,26)/t20-/m1/s1. The molecule has 0 unspecified atom stereocenters. The largest absolute Gasteiger partial charge is 0.479 e. The van der Waals surface area contributed by atoms with Gasteiger partial charge >= 0.3 is 0 Å². The molecule has 1 aliphatic heterocycles. The molecule has 0 saturated carbocycles. The van der Waals surface area contributed by atoms with E-state index in [0.717, 1.165) is 25.2 Å². The number of likely N-dealkylation sites (tertiary alicyclic amines) is 1. The molecule has 1 heterocycles. The molecule has 144 valence electrons. The van der Waals surface area contributed by atoms with Gasteiger partial charge in [0.05, 0.1) is 5.02 Å². The summed E-state index contributed by atoms with van der Waals surface area (Å²) in [5, 5.41) is 3.54. The van der Waals surface area contributed by atoms with Crippen LogP contribution in [0.5, 0.6) is 5.75 Å². The van der Waals surface area contributed by atoms with Crippen LogP contribution in [0.3, 0.4) is 0 Å². The predicted octanol–water partition coefficient (Wildman–Crippen LogP) is 4.41. The molecular weight excluding hydrogens is 360 g/mol. The smallest absolute Gasteiger partial charge is 0.261 e. The first kappa shape index (κ1) is 19.7. The Balaban J connectivity index is 1.60. The Labute approximate surface area is 166 Å². The van der Waals surface area contributed by atoms with Crippen molar-refractivity contribution in [3.8, 4) is 5.75 Å². The zero-order valence-electron chi connectivity index (χ0n) is 15.8. The van der Waals surface area contributed by atoms with E-state index in [2.05, 4.69) is 28.4 Å². The topological polar surface area (TPSA) is 41.6 Å². The molecule has 3 rings (SSSR count). The van der Waals surface area contributed by atoms with Crippen LogP contribution in [-0.2, 0) is 17.9 Å². The van der Waals surface area contributed by atoms with Crippen molar-refractivity contribution in [2.75, 3.05) is 13.1 Å². The van der Waals surface area contributed by atoms with Gasteiger partial charge in [0.2, 0.25) is 0 Å². The first-order valence-corrected chi connectivity index (χ1v) is 10.0. The van der Waals surface area contributed by atoms with E-state index >= 15 is 0 Å². The number of carbonyl (C=O) groups is 1. The van der Waals surface area contributed by atoms with Crippen LogP contribution < -0.4 is 10.1 Å². The van der Waals surface area contributed by atoms with Gasteiger partial charge in [-0.2, -0.15) is 0 Å². The molecule has 1 aliphatic rings. The number of rotatable bonds is 8. The van der Waals surface area contributed by atoms with Gasteiger partial charge in [-0.1, -0.05) is 54.9 Å². The molecule has 1 amide bonds. The van der Waals surface area contributed by atoms with E-state index in [-0.39, 0.29) is 5.91 Å². The van der Waals surface area contributed by atoms with E-state index in [1.54, 1.807) is 12.1 Å². The van der Waals surface area contributed by atoms with Crippen molar-refractivity contribution in [3.63, 3.8) is 0 Å². The third kappa shape index (κ3) is 5.47. The summed E-state index contributed by atoms with van der Waals surface area (Å²) in [6, 6.07) is 15.5. The Bertz CT molecular complexity index is 759. The number of nitrogens with one attached hydrogen (secondary N) is 1. The van der Waals surface area contributed by atoms with Crippen molar-refractivity contribution in [1.82, 2.24) is 10.2 Å². The molecule has 27 heavy (non-hydrogen) atoms. The van der Waals surface area contributed by atoms with Crippen molar-refractivity contribution < 1.29 is 9.53 Å². The van der Waals surface area contributed by atoms with E-state index < -0.39 is 6.10 Å². The Kier molecular flexibility index (Phi) is 7.13. The summed E-state index contributed by atoms with van der Waals surface area (Å²) in [6.07, 6.45) is 2.56. The van der Waals surface area contributed by atoms with Crippen LogP contribution in [0.25, 0.3) is 0 Å². The Hall–Kier alpha value is -2.04. The van der Waals surface area contributed by atoms with E-state index in [1.807, 2.05) is 25.1 Å². The van der Waals surface area contributed by atoms with E-state index in [4.69, 9.17) is 16.3 Å². The van der Waals surface area contributed by atoms with E-state index in [9.17, 15) is 4.79 Å². The molecule has 1 atom stereocenters. The van der Waals surface area contributed by atoms with E-state index in [1.165, 1.54) is 18.4 Å². The number of ether oxygens (including phenoxy) is 1. The lowest BCUT2D eigenvalue weighted by Gasteiger charge is -2.20. The minimum absolute atomic E-state index is 0.117. The minimum Gasteiger partial charge on any atom is -0.479 e. The first-order chi connectivity index (χ1) is 13.2. The van der Waals surface area contributed by atoms with Crippen LogP contribution >= 0.6 is 11.6 Å². The predicted molar refractivity (Wildman–Crippen MR) is 109 cm³/mol. The Morgan fingerprint density at radius 3 is 2.48 bits per heavy atom. The molecule has 0 spiro atoms. The van der Waals surface area contributed by atoms with Crippen molar-refractivity contribution in [3.05, 3.63) is 64.7 Å². The summed E-state index contributed by atoms with van der Waals surface area (Å²) in [6.45, 7) is 5.70. The second-order valence-corrected chi connectivity index (χ2v) is 7.32. The third-order valence-electron chi connectivity index (χ3n) is 4.93. The molecule has 1 fully saturated rings. The second-order valence-electron chi connectivity index (χ2n) is 6.91.